The molecule has 0 aliphatic rings. The lowest BCUT2D eigenvalue weighted by molar-refractivity contribution is 0.414. The van der Waals surface area contributed by atoms with Crippen molar-refractivity contribution in [2.75, 3.05) is 23.4 Å². The summed E-state index contributed by atoms with van der Waals surface area (Å²) >= 11 is 0. The summed E-state index contributed by atoms with van der Waals surface area (Å²) in [5.41, 5.74) is 6.75. The van der Waals surface area contributed by atoms with Gasteiger partial charge in [-0.25, -0.2) is 21.8 Å². The molecule has 0 radical (unpaired) electrons. The summed E-state index contributed by atoms with van der Waals surface area (Å²) in [6, 6.07) is 14.5. The SMILES string of the molecule is COc1ccc(S(=O)(=O)N(Cc2coc3nc(S(C)(=O)=O)nc(N)c23)c2ccccc2)cc1. The first-order chi connectivity index (χ1) is 15.6. The Labute approximate surface area is 190 Å². The first kappa shape index (κ1) is 22.6. The normalized spacial score (nSPS) is 12.1. The van der Waals surface area contributed by atoms with E-state index in [2.05, 4.69) is 9.97 Å². The predicted molar refractivity (Wildman–Crippen MR) is 122 cm³/mol. The van der Waals surface area contributed by atoms with Gasteiger partial charge >= 0.3 is 0 Å². The molecule has 4 aromatic rings. The maximum Gasteiger partial charge on any atom is 0.264 e. The van der Waals surface area contributed by atoms with E-state index >= 15 is 0 Å². The predicted octanol–water partition coefficient (Wildman–Crippen LogP) is 2.61. The molecular formula is C21H20N4O6S2. The molecule has 0 saturated carbocycles. The highest BCUT2D eigenvalue weighted by atomic mass is 32.2. The molecule has 2 heterocycles. The van der Waals surface area contributed by atoms with Crippen LogP contribution >= 0.6 is 0 Å². The largest absolute Gasteiger partial charge is 0.497 e. The van der Waals surface area contributed by atoms with Gasteiger partial charge in [0.15, 0.2) is 0 Å². The van der Waals surface area contributed by atoms with Crippen molar-refractivity contribution < 1.29 is 26.0 Å². The van der Waals surface area contributed by atoms with E-state index in [0.717, 1.165) is 6.26 Å². The number of nitrogens with zero attached hydrogens (tertiary/aromatic N) is 3. The molecule has 0 amide bonds. The monoisotopic (exact) mass is 488 g/mol. The Morgan fingerprint density at radius 3 is 2.27 bits per heavy atom. The number of benzene rings is 2. The number of hydrogen-bond donors (Lipinski definition) is 1. The van der Waals surface area contributed by atoms with Crippen molar-refractivity contribution in [1.29, 1.82) is 0 Å². The second kappa shape index (κ2) is 8.37. The Morgan fingerprint density at radius 2 is 1.67 bits per heavy atom. The number of fused-ring (bicyclic) bond motifs is 1. The maximum absolute atomic E-state index is 13.6. The Balaban J connectivity index is 1.82. The van der Waals surface area contributed by atoms with Crippen molar-refractivity contribution >= 4 is 42.5 Å². The highest BCUT2D eigenvalue weighted by molar-refractivity contribution is 7.92. The highest BCUT2D eigenvalue weighted by Gasteiger charge is 2.28. The van der Waals surface area contributed by atoms with E-state index < -0.39 is 25.0 Å². The van der Waals surface area contributed by atoms with Crippen molar-refractivity contribution in [3.05, 3.63) is 66.4 Å². The van der Waals surface area contributed by atoms with Crippen LogP contribution < -0.4 is 14.8 Å². The molecule has 172 valence electrons. The van der Waals surface area contributed by atoms with Crippen LogP contribution in [-0.2, 0) is 26.4 Å². The van der Waals surface area contributed by atoms with E-state index in [9.17, 15) is 16.8 Å². The number of nitrogen functional groups attached to an aromatic ring is 1. The lowest BCUT2D eigenvalue weighted by Gasteiger charge is -2.24. The zero-order valence-electron chi connectivity index (χ0n) is 17.7. The van der Waals surface area contributed by atoms with Crippen LogP contribution in [-0.4, -0.2) is 40.2 Å². The third kappa shape index (κ3) is 4.34. The topological polar surface area (TPSA) is 146 Å². The fourth-order valence-electron chi connectivity index (χ4n) is 3.23. The van der Waals surface area contributed by atoms with Crippen LogP contribution in [0, 0.1) is 0 Å². The number of anilines is 2. The molecule has 0 atom stereocenters. The van der Waals surface area contributed by atoms with Gasteiger partial charge in [-0.2, -0.15) is 4.98 Å². The lowest BCUT2D eigenvalue weighted by Crippen LogP contribution is -2.30. The zero-order valence-corrected chi connectivity index (χ0v) is 19.3. The maximum atomic E-state index is 13.6. The van der Waals surface area contributed by atoms with Crippen LogP contribution in [0.1, 0.15) is 5.56 Å². The average Bonchev–Trinajstić information content (AvgIpc) is 3.21. The number of sulfonamides is 1. The van der Waals surface area contributed by atoms with Gasteiger partial charge in [-0.3, -0.25) is 4.31 Å². The zero-order chi connectivity index (χ0) is 23.8. The van der Waals surface area contributed by atoms with E-state index in [4.69, 9.17) is 14.9 Å². The van der Waals surface area contributed by atoms with E-state index in [0.29, 0.717) is 17.0 Å². The molecule has 0 saturated heterocycles. The smallest absolute Gasteiger partial charge is 0.264 e. The fraction of sp³-hybridized carbons (Fsp3) is 0.143. The summed E-state index contributed by atoms with van der Waals surface area (Å²) in [6.45, 7) is -0.156. The van der Waals surface area contributed by atoms with Gasteiger partial charge in [0.2, 0.25) is 15.6 Å². The molecule has 10 nitrogen and oxygen atoms in total. The van der Waals surface area contributed by atoms with E-state index in [1.54, 1.807) is 42.5 Å². The number of nitrogens with two attached hydrogens (primary N) is 1. The molecule has 0 fully saturated rings. The number of aromatic nitrogens is 2. The summed E-state index contributed by atoms with van der Waals surface area (Å²) in [4.78, 5) is 7.84. The summed E-state index contributed by atoms with van der Waals surface area (Å²) in [5.74, 6) is 0.395. The Kier molecular flexibility index (Phi) is 5.72. The molecule has 0 aliphatic carbocycles. The molecule has 2 aromatic carbocycles. The van der Waals surface area contributed by atoms with Gasteiger partial charge < -0.3 is 14.9 Å². The number of sulfone groups is 1. The number of furan rings is 1. The molecule has 0 bridgehead atoms. The van der Waals surface area contributed by atoms with Crippen LogP contribution in [0.2, 0.25) is 0 Å². The van der Waals surface area contributed by atoms with E-state index in [-0.39, 0.29) is 28.4 Å². The summed E-state index contributed by atoms with van der Waals surface area (Å²) in [6.07, 6.45) is 2.25. The van der Waals surface area contributed by atoms with E-state index in [1.807, 2.05) is 0 Å². The molecular weight excluding hydrogens is 468 g/mol. The number of methoxy groups -OCH3 is 1. The minimum atomic E-state index is -4.01. The lowest BCUT2D eigenvalue weighted by atomic mass is 10.2. The van der Waals surface area contributed by atoms with Crippen molar-refractivity contribution in [2.24, 2.45) is 0 Å². The summed E-state index contributed by atoms with van der Waals surface area (Å²) in [7, 11) is -6.24. The van der Waals surface area contributed by atoms with Crippen LogP contribution in [0.4, 0.5) is 11.5 Å². The number of hydrogen-bond acceptors (Lipinski definition) is 9. The third-order valence-corrected chi connectivity index (χ3v) is 7.49. The summed E-state index contributed by atoms with van der Waals surface area (Å²) < 4.78 is 62.5. The molecule has 0 aliphatic heterocycles. The number of rotatable bonds is 7. The van der Waals surface area contributed by atoms with Crippen LogP contribution in [0.15, 0.2) is 75.3 Å². The standard InChI is InChI=1S/C21H20N4O6S2/c1-30-16-8-10-17(11-9-16)33(28,29)25(15-6-4-3-5-7-15)12-14-13-31-20-18(14)19(22)23-21(24-20)32(2,26)27/h3-11,13H,12H2,1-2H3,(H2,22,23,24). The minimum absolute atomic E-state index is 0.0483. The molecule has 2 aromatic heterocycles. The first-order valence-electron chi connectivity index (χ1n) is 9.57. The molecule has 0 spiro atoms. The molecule has 33 heavy (non-hydrogen) atoms. The fourth-order valence-corrected chi connectivity index (χ4v) is 5.19. The van der Waals surface area contributed by atoms with Gasteiger partial charge in [-0.05, 0) is 36.4 Å². The van der Waals surface area contributed by atoms with Crippen LogP contribution in [0.25, 0.3) is 11.1 Å². The van der Waals surface area contributed by atoms with Crippen molar-refractivity contribution in [2.45, 2.75) is 16.6 Å². The number of ether oxygens (including phenoxy) is 1. The minimum Gasteiger partial charge on any atom is -0.497 e. The van der Waals surface area contributed by atoms with Gasteiger partial charge in [-0.1, -0.05) is 18.2 Å². The second-order valence-electron chi connectivity index (χ2n) is 7.13. The second-order valence-corrected chi connectivity index (χ2v) is 10.9. The van der Waals surface area contributed by atoms with Crippen molar-refractivity contribution in [3.8, 4) is 5.75 Å². The van der Waals surface area contributed by atoms with Gasteiger partial charge in [-0.15, -0.1) is 0 Å². The molecule has 0 unspecified atom stereocenters. The van der Waals surface area contributed by atoms with Gasteiger partial charge in [0.05, 0.1) is 35.9 Å². The van der Waals surface area contributed by atoms with Gasteiger partial charge in [0.1, 0.15) is 11.6 Å². The molecule has 2 N–H and O–H groups in total. The number of para-hydroxylation sites is 1. The average molecular weight is 489 g/mol. The quantitative estimate of drug-likeness (QED) is 0.388. The first-order valence-corrected chi connectivity index (χ1v) is 12.9. The van der Waals surface area contributed by atoms with Crippen LogP contribution in [0.5, 0.6) is 5.75 Å². The van der Waals surface area contributed by atoms with Crippen molar-refractivity contribution in [1.82, 2.24) is 9.97 Å². The van der Waals surface area contributed by atoms with Gasteiger partial charge in [0.25, 0.3) is 15.2 Å². The Morgan fingerprint density at radius 1 is 1.00 bits per heavy atom. The van der Waals surface area contributed by atoms with Gasteiger partial charge in [0, 0.05) is 11.8 Å². The molecule has 12 heteroatoms. The highest BCUT2D eigenvalue weighted by Crippen LogP contribution is 2.31. The van der Waals surface area contributed by atoms with Crippen molar-refractivity contribution in [3.63, 3.8) is 0 Å². The van der Waals surface area contributed by atoms with E-state index in [1.165, 1.54) is 29.8 Å². The summed E-state index contributed by atoms with van der Waals surface area (Å²) in [5, 5.41) is -0.229. The molecule has 4 rings (SSSR count). The van der Waals surface area contributed by atoms with Crippen LogP contribution in [0.3, 0.4) is 0 Å². The third-order valence-electron chi connectivity index (χ3n) is 4.85. The Hall–Kier alpha value is -3.64. The Bertz CT molecular complexity index is 1520.